The van der Waals surface area contributed by atoms with Gasteiger partial charge in [-0.3, -0.25) is 4.79 Å². The van der Waals surface area contributed by atoms with E-state index in [1.165, 1.54) is 36.5 Å². The van der Waals surface area contributed by atoms with Crippen LogP contribution in [0.4, 0.5) is 17.6 Å². The average molecular weight is 406 g/mol. The summed E-state index contributed by atoms with van der Waals surface area (Å²) >= 11 is 0. The van der Waals surface area contributed by atoms with Gasteiger partial charge in [-0.25, -0.2) is 9.37 Å². The number of rotatable bonds is 6. The summed E-state index contributed by atoms with van der Waals surface area (Å²) < 4.78 is 59.2. The molecule has 0 aliphatic carbocycles. The first-order valence-electron chi connectivity index (χ1n) is 8.31. The SMILES string of the molecule is O=C(NCc1cccnc1Oc1cccc(F)c1)c1ccc(OC(F)(F)F)cc1. The first kappa shape index (κ1) is 20.1. The number of amides is 1. The monoisotopic (exact) mass is 406 g/mol. The Kier molecular flexibility index (Phi) is 5.96. The molecular formula is C20H14F4N2O3. The number of carbonyl (C=O) groups is 1. The molecule has 1 aromatic heterocycles. The van der Waals surface area contributed by atoms with Crippen LogP contribution in [0.25, 0.3) is 0 Å². The molecule has 0 aliphatic heterocycles. The summed E-state index contributed by atoms with van der Waals surface area (Å²) in [5.74, 6) is -0.966. The molecule has 3 aromatic rings. The van der Waals surface area contributed by atoms with Crippen molar-refractivity contribution >= 4 is 5.91 Å². The van der Waals surface area contributed by atoms with Crippen molar-refractivity contribution in [3.8, 4) is 17.4 Å². The molecule has 2 aromatic carbocycles. The molecule has 0 bridgehead atoms. The predicted octanol–water partition coefficient (Wildman–Crippen LogP) is 4.84. The molecule has 9 heteroatoms. The van der Waals surface area contributed by atoms with Crippen molar-refractivity contribution in [1.29, 1.82) is 0 Å². The van der Waals surface area contributed by atoms with Crippen molar-refractivity contribution in [1.82, 2.24) is 10.3 Å². The number of hydrogen-bond donors (Lipinski definition) is 1. The van der Waals surface area contributed by atoms with Crippen molar-refractivity contribution < 1.29 is 31.8 Å². The summed E-state index contributed by atoms with van der Waals surface area (Å²) in [4.78, 5) is 16.3. The predicted molar refractivity (Wildman–Crippen MR) is 95.0 cm³/mol. The van der Waals surface area contributed by atoms with Crippen LogP contribution in [0.1, 0.15) is 15.9 Å². The topological polar surface area (TPSA) is 60.5 Å². The lowest BCUT2D eigenvalue weighted by Gasteiger charge is -2.11. The number of aromatic nitrogens is 1. The van der Waals surface area contributed by atoms with Crippen LogP contribution in [-0.4, -0.2) is 17.3 Å². The minimum absolute atomic E-state index is 0.0398. The fourth-order valence-electron chi connectivity index (χ4n) is 2.38. The first-order chi connectivity index (χ1) is 13.8. The molecule has 0 radical (unpaired) electrons. The lowest BCUT2D eigenvalue weighted by molar-refractivity contribution is -0.274. The largest absolute Gasteiger partial charge is 0.573 e. The molecule has 0 atom stereocenters. The van der Waals surface area contributed by atoms with E-state index < -0.39 is 23.8 Å². The highest BCUT2D eigenvalue weighted by atomic mass is 19.4. The molecule has 1 heterocycles. The maximum Gasteiger partial charge on any atom is 0.573 e. The van der Waals surface area contributed by atoms with Gasteiger partial charge in [0.25, 0.3) is 5.91 Å². The molecule has 0 saturated carbocycles. The van der Waals surface area contributed by atoms with E-state index >= 15 is 0 Å². The Balaban J connectivity index is 1.65. The van der Waals surface area contributed by atoms with Crippen LogP contribution in [0.2, 0.25) is 0 Å². The van der Waals surface area contributed by atoms with E-state index in [1.807, 2.05) is 0 Å². The molecule has 0 saturated heterocycles. The summed E-state index contributed by atoms with van der Waals surface area (Å²) in [5.41, 5.74) is 0.679. The van der Waals surface area contributed by atoms with Crippen LogP contribution in [0, 0.1) is 5.82 Å². The number of nitrogens with one attached hydrogen (secondary N) is 1. The Morgan fingerprint density at radius 3 is 2.45 bits per heavy atom. The van der Waals surface area contributed by atoms with E-state index in [9.17, 15) is 22.4 Å². The summed E-state index contributed by atoms with van der Waals surface area (Å²) in [7, 11) is 0. The molecule has 1 N–H and O–H groups in total. The van der Waals surface area contributed by atoms with Crippen LogP contribution >= 0.6 is 0 Å². The molecule has 3 rings (SSSR count). The third kappa shape index (κ3) is 5.93. The van der Waals surface area contributed by atoms with Gasteiger partial charge in [-0.1, -0.05) is 12.1 Å². The van der Waals surface area contributed by atoms with E-state index in [2.05, 4.69) is 15.0 Å². The summed E-state index contributed by atoms with van der Waals surface area (Å²) in [5, 5.41) is 2.62. The van der Waals surface area contributed by atoms with Gasteiger partial charge in [-0.05, 0) is 42.5 Å². The van der Waals surface area contributed by atoms with Crippen molar-refractivity contribution in [2.45, 2.75) is 12.9 Å². The second-order valence-corrected chi connectivity index (χ2v) is 5.78. The van der Waals surface area contributed by atoms with Gasteiger partial charge in [0.15, 0.2) is 0 Å². The number of alkyl halides is 3. The highest BCUT2D eigenvalue weighted by molar-refractivity contribution is 5.94. The Bertz CT molecular complexity index is 992. The maximum absolute atomic E-state index is 13.3. The number of benzene rings is 2. The van der Waals surface area contributed by atoms with E-state index in [-0.39, 0.29) is 23.7 Å². The summed E-state index contributed by atoms with van der Waals surface area (Å²) in [6, 6.07) is 13.3. The van der Waals surface area contributed by atoms with Gasteiger partial charge in [-0.15, -0.1) is 13.2 Å². The highest BCUT2D eigenvalue weighted by Crippen LogP contribution is 2.24. The average Bonchev–Trinajstić information content (AvgIpc) is 2.66. The third-order valence-corrected chi connectivity index (χ3v) is 3.65. The van der Waals surface area contributed by atoms with Crippen LogP contribution in [0.5, 0.6) is 17.4 Å². The fraction of sp³-hybridized carbons (Fsp3) is 0.100. The van der Waals surface area contributed by atoms with Crippen molar-refractivity contribution in [3.05, 3.63) is 83.8 Å². The fourth-order valence-corrected chi connectivity index (χ4v) is 2.38. The van der Waals surface area contributed by atoms with Gasteiger partial charge in [0.1, 0.15) is 17.3 Å². The van der Waals surface area contributed by atoms with Crippen molar-refractivity contribution in [2.24, 2.45) is 0 Å². The van der Waals surface area contributed by atoms with E-state index in [0.29, 0.717) is 5.56 Å². The molecule has 0 spiro atoms. The minimum Gasteiger partial charge on any atom is -0.439 e. The molecule has 0 aliphatic rings. The van der Waals surface area contributed by atoms with Crippen molar-refractivity contribution in [3.63, 3.8) is 0 Å². The standard InChI is InChI=1S/C20H14F4N2O3/c21-15-4-1-5-17(11-15)28-19-14(3-2-10-25-19)12-26-18(27)13-6-8-16(9-7-13)29-20(22,23)24/h1-11H,12H2,(H,26,27). The Morgan fingerprint density at radius 1 is 1.00 bits per heavy atom. The molecular weight excluding hydrogens is 392 g/mol. The van der Waals surface area contributed by atoms with Gasteiger partial charge >= 0.3 is 6.36 Å². The zero-order valence-corrected chi connectivity index (χ0v) is 14.7. The van der Waals surface area contributed by atoms with Gasteiger partial charge in [0, 0.05) is 29.9 Å². The van der Waals surface area contributed by atoms with E-state index in [4.69, 9.17) is 4.74 Å². The number of carbonyl (C=O) groups excluding carboxylic acids is 1. The van der Waals surface area contributed by atoms with Crippen LogP contribution in [0.3, 0.4) is 0 Å². The highest BCUT2D eigenvalue weighted by Gasteiger charge is 2.31. The maximum atomic E-state index is 13.3. The van der Waals surface area contributed by atoms with E-state index in [1.54, 1.807) is 18.2 Å². The quantitative estimate of drug-likeness (QED) is 0.595. The second kappa shape index (κ2) is 8.59. The number of pyridine rings is 1. The molecule has 29 heavy (non-hydrogen) atoms. The van der Waals surface area contributed by atoms with Gasteiger partial charge in [0.05, 0.1) is 0 Å². The van der Waals surface area contributed by atoms with Gasteiger partial charge in [-0.2, -0.15) is 0 Å². The van der Waals surface area contributed by atoms with Crippen LogP contribution in [-0.2, 0) is 6.54 Å². The minimum atomic E-state index is -4.80. The number of hydrogen-bond acceptors (Lipinski definition) is 4. The summed E-state index contributed by atoms with van der Waals surface area (Å²) in [6.07, 6.45) is -3.32. The normalized spacial score (nSPS) is 11.0. The van der Waals surface area contributed by atoms with E-state index in [0.717, 1.165) is 12.1 Å². The summed E-state index contributed by atoms with van der Waals surface area (Å²) in [6.45, 7) is 0.0398. The van der Waals surface area contributed by atoms with Gasteiger partial charge in [0.2, 0.25) is 5.88 Å². The van der Waals surface area contributed by atoms with Crippen LogP contribution < -0.4 is 14.8 Å². The second-order valence-electron chi connectivity index (χ2n) is 5.78. The van der Waals surface area contributed by atoms with Crippen LogP contribution in [0.15, 0.2) is 66.9 Å². The first-order valence-corrected chi connectivity index (χ1v) is 8.31. The zero-order chi connectivity index (χ0) is 20.9. The lowest BCUT2D eigenvalue weighted by atomic mass is 10.2. The Labute approximate surface area is 162 Å². The number of halogens is 4. The Morgan fingerprint density at radius 2 is 1.76 bits per heavy atom. The lowest BCUT2D eigenvalue weighted by Crippen LogP contribution is -2.23. The molecule has 0 fully saturated rings. The zero-order valence-electron chi connectivity index (χ0n) is 14.7. The number of nitrogens with zero attached hydrogens (tertiary/aromatic N) is 1. The van der Waals surface area contributed by atoms with Crippen molar-refractivity contribution in [2.75, 3.05) is 0 Å². The number of ether oxygens (including phenoxy) is 2. The van der Waals surface area contributed by atoms with Gasteiger partial charge < -0.3 is 14.8 Å². The molecule has 5 nitrogen and oxygen atoms in total. The molecule has 150 valence electrons. The molecule has 0 unspecified atom stereocenters. The Hall–Kier alpha value is -3.62. The third-order valence-electron chi connectivity index (χ3n) is 3.65. The smallest absolute Gasteiger partial charge is 0.439 e. The molecule has 1 amide bonds.